The summed E-state index contributed by atoms with van der Waals surface area (Å²) < 4.78 is 13.7. The highest BCUT2D eigenvalue weighted by Gasteiger charge is 2.19. The number of amides is 2. The maximum atomic E-state index is 11.7. The molecule has 0 saturated carbocycles. The van der Waals surface area contributed by atoms with Gasteiger partial charge in [-0.15, -0.1) is 10.2 Å². The molecule has 3 N–H and O–H groups in total. The van der Waals surface area contributed by atoms with Crippen molar-refractivity contribution in [2.75, 3.05) is 12.0 Å². The molecular formula is C25H29Cl2N7O5Si. The number of rotatable bonds is 11. The normalized spacial score (nSPS) is 11.9. The molecule has 0 fully saturated rings. The van der Waals surface area contributed by atoms with Crippen LogP contribution in [0.15, 0.2) is 29.5 Å². The number of hydrogen-bond donors (Lipinski definition) is 3. The van der Waals surface area contributed by atoms with Gasteiger partial charge in [-0.25, -0.2) is 4.79 Å². The van der Waals surface area contributed by atoms with E-state index in [1.165, 1.54) is 23.5 Å². The Hall–Kier alpha value is -3.70. The number of imide groups is 1. The average Bonchev–Trinajstić information content (AvgIpc) is 3.21. The van der Waals surface area contributed by atoms with Crippen LogP contribution in [0.3, 0.4) is 0 Å². The van der Waals surface area contributed by atoms with Gasteiger partial charge < -0.3 is 19.1 Å². The van der Waals surface area contributed by atoms with Gasteiger partial charge in [0.15, 0.2) is 11.4 Å². The number of fused-ring (bicyclic) bond motifs is 1. The number of nitrogens with zero attached hydrogens (tertiary/aromatic N) is 5. The lowest BCUT2D eigenvalue weighted by molar-refractivity contribution is -0.114. The maximum absolute atomic E-state index is 11.7. The van der Waals surface area contributed by atoms with Crippen LogP contribution in [-0.4, -0.2) is 52.3 Å². The molecule has 212 valence electrons. The molecule has 0 bridgehead atoms. The zero-order chi connectivity index (χ0) is 29.6. The van der Waals surface area contributed by atoms with E-state index in [1.54, 1.807) is 6.07 Å². The first-order valence-corrected chi connectivity index (χ1v) is 16.6. The summed E-state index contributed by atoms with van der Waals surface area (Å²) in [5.41, 5.74) is 3.67. The van der Waals surface area contributed by atoms with Crippen LogP contribution in [0.4, 0.5) is 10.5 Å². The fourth-order valence-electron chi connectivity index (χ4n) is 3.47. The minimum absolute atomic E-state index is 0.0815. The van der Waals surface area contributed by atoms with Gasteiger partial charge in [0.25, 0.3) is 5.91 Å². The lowest BCUT2D eigenvalue weighted by atomic mass is 10.0. The van der Waals surface area contributed by atoms with Gasteiger partial charge in [0.1, 0.15) is 12.8 Å². The third-order valence-corrected chi connectivity index (χ3v) is 7.79. The van der Waals surface area contributed by atoms with Crippen molar-refractivity contribution in [3.8, 4) is 17.7 Å². The number of ether oxygens (including phenoxy) is 2. The van der Waals surface area contributed by atoms with Crippen LogP contribution in [-0.2, 0) is 16.3 Å². The number of aromatic nitrogens is 3. The molecule has 0 saturated heterocycles. The van der Waals surface area contributed by atoms with Gasteiger partial charge in [0.2, 0.25) is 11.6 Å². The molecule has 2 heterocycles. The first-order chi connectivity index (χ1) is 18.8. The van der Waals surface area contributed by atoms with Gasteiger partial charge in [-0.2, -0.15) is 10.4 Å². The first-order valence-electron chi connectivity index (χ1n) is 12.2. The summed E-state index contributed by atoms with van der Waals surface area (Å²) in [6.45, 7) is 12.1. The summed E-state index contributed by atoms with van der Waals surface area (Å²) in [4.78, 5) is 22.3. The van der Waals surface area contributed by atoms with E-state index in [0.29, 0.717) is 19.0 Å². The minimum atomic E-state index is -1.62. The number of hydrazone groups is 1. The standard InChI is InChI=1S/C25H29Cl2N7O5Si/c1-14(2)17-12-34(13-38-6-7-40(3,4)5)23-16(17)10-21(32-33-23)39-22-18(26)8-15(9-19(22)27)30-31-20(11-28)24(35)29-25(36)37/h8-10,12,14,30H,6-7,13H2,1-5H3,(H,29,35)(H,36,37)/b31-20-. The number of carbonyl (C=O) groups is 2. The molecule has 0 aliphatic carbocycles. The monoisotopic (exact) mass is 605 g/mol. The molecule has 15 heteroatoms. The van der Waals surface area contributed by atoms with Crippen LogP contribution >= 0.6 is 23.2 Å². The highest BCUT2D eigenvalue weighted by Crippen LogP contribution is 2.39. The van der Waals surface area contributed by atoms with Crippen LogP contribution in [0.25, 0.3) is 11.0 Å². The topological polar surface area (TPSA) is 164 Å². The zero-order valence-electron chi connectivity index (χ0n) is 22.6. The van der Waals surface area contributed by atoms with E-state index in [2.05, 4.69) is 54.2 Å². The van der Waals surface area contributed by atoms with Crippen molar-refractivity contribution in [2.45, 2.75) is 52.2 Å². The molecule has 3 rings (SSSR count). The fraction of sp³-hybridized carbons (Fsp3) is 0.360. The molecule has 2 amide bonds. The Labute approximate surface area is 241 Å². The van der Waals surface area contributed by atoms with Crippen LogP contribution in [0, 0.1) is 11.3 Å². The Bertz CT molecular complexity index is 1470. The van der Waals surface area contributed by atoms with Gasteiger partial charge in [-0.1, -0.05) is 56.7 Å². The smallest absolute Gasteiger partial charge is 0.411 e. The van der Waals surface area contributed by atoms with Gasteiger partial charge >= 0.3 is 6.09 Å². The van der Waals surface area contributed by atoms with Crippen molar-refractivity contribution in [1.29, 1.82) is 5.26 Å². The molecule has 3 aromatic rings. The summed E-state index contributed by atoms with van der Waals surface area (Å²) in [5.74, 6) is -0.708. The number of nitrogens with one attached hydrogen (secondary N) is 2. The van der Waals surface area contributed by atoms with Crippen LogP contribution < -0.4 is 15.5 Å². The zero-order valence-corrected chi connectivity index (χ0v) is 25.1. The number of anilines is 1. The molecule has 0 unspecified atom stereocenters. The van der Waals surface area contributed by atoms with E-state index in [4.69, 9.17) is 43.0 Å². The molecule has 0 atom stereocenters. The van der Waals surface area contributed by atoms with Crippen molar-refractivity contribution in [3.05, 3.63) is 40.0 Å². The summed E-state index contributed by atoms with van der Waals surface area (Å²) >= 11 is 12.8. The van der Waals surface area contributed by atoms with Crippen LogP contribution in [0.5, 0.6) is 11.6 Å². The maximum Gasteiger partial charge on any atom is 0.411 e. The fourth-order valence-corrected chi connectivity index (χ4v) is 4.79. The van der Waals surface area contributed by atoms with E-state index < -0.39 is 25.8 Å². The number of carbonyl (C=O) groups excluding carboxylic acids is 1. The second-order valence-corrected chi connectivity index (χ2v) is 16.7. The van der Waals surface area contributed by atoms with Gasteiger partial charge in [-0.05, 0) is 29.7 Å². The molecule has 0 aliphatic heterocycles. The molecule has 1 aromatic carbocycles. The predicted octanol–water partition coefficient (Wildman–Crippen LogP) is 6.05. The SMILES string of the molecule is CC(C)c1cn(COCC[Si](C)(C)C)c2nnc(Oc3c(Cl)cc(N/N=C(/C#N)C(=O)NC(=O)O)cc3Cl)cc12. The average molecular weight is 607 g/mol. The van der Waals surface area contributed by atoms with E-state index in [-0.39, 0.29) is 33.3 Å². The second kappa shape index (κ2) is 13.1. The number of nitriles is 1. The van der Waals surface area contributed by atoms with E-state index in [9.17, 15) is 9.59 Å². The summed E-state index contributed by atoms with van der Waals surface area (Å²) in [7, 11) is -1.20. The third kappa shape index (κ3) is 8.15. The Morgan fingerprint density at radius 2 is 1.88 bits per heavy atom. The number of benzene rings is 1. The van der Waals surface area contributed by atoms with Gasteiger partial charge in [0.05, 0.1) is 15.7 Å². The molecule has 40 heavy (non-hydrogen) atoms. The van der Waals surface area contributed by atoms with Crippen molar-refractivity contribution >= 4 is 65.7 Å². The Morgan fingerprint density at radius 3 is 2.45 bits per heavy atom. The quantitative estimate of drug-likeness (QED) is 0.102. The number of hydrogen-bond acceptors (Lipinski definition) is 9. The Kier molecular flexibility index (Phi) is 10.1. The molecule has 0 spiro atoms. The van der Waals surface area contributed by atoms with E-state index >= 15 is 0 Å². The Balaban J connectivity index is 1.81. The summed E-state index contributed by atoms with van der Waals surface area (Å²) in [6.07, 6.45) is 0.389. The lowest BCUT2D eigenvalue weighted by Gasteiger charge is -2.15. The van der Waals surface area contributed by atoms with E-state index in [1.807, 2.05) is 10.8 Å². The van der Waals surface area contributed by atoms with Crippen molar-refractivity contribution in [1.82, 2.24) is 20.1 Å². The molecule has 0 radical (unpaired) electrons. The second-order valence-electron chi connectivity index (χ2n) is 10.3. The van der Waals surface area contributed by atoms with Crippen molar-refractivity contribution in [3.63, 3.8) is 0 Å². The van der Waals surface area contributed by atoms with Crippen LogP contribution in [0.2, 0.25) is 35.7 Å². The highest BCUT2D eigenvalue weighted by molar-refractivity contribution is 6.76. The summed E-state index contributed by atoms with van der Waals surface area (Å²) in [5, 5.41) is 32.4. The highest BCUT2D eigenvalue weighted by atomic mass is 35.5. The summed E-state index contributed by atoms with van der Waals surface area (Å²) in [6, 6.07) is 7.12. The molecule has 2 aromatic heterocycles. The largest absolute Gasteiger partial charge is 0.465 e. The van der Waals surface area contributed by atoms with Crippen molar-refractivity contribution < 1.29 is 24.2 Å². The molecule has 12 nitrogen and oxygen atoms in total. The minimum Gasteiger partial charge on any atom is -0.465 e. The third-order valence-electron chi connectivity index (χ3n) is 5.52. The van der Waals surface area contributed by atoms with Gasteiger partial charge in [0, 0.05) is 32.3 Å². The van der Waals surface area contributed by atoms with E-state index in [0.717, 1.165) is 17.0 Å². The van der Waals surface area contributed by atoms with Crippen LogP contribution in [0.1, 0.15) is 25.3 Å². The van der Waals surface area contributed by atoms with Gasteiger partial charge in [-0.3, -0.25) is 15.5 Å². The Morgan fingerprint density at radius 1 is 1.20 bits per heavy atom. The lowest BCUT2D eigenvalue weighted by Crippen LogP contribution is -2.34. The first kappa shape index (κ1) is 30.8. The molecule has 0 aliphatic rings. The number of halogens is 2. The molecular weight excluding hydrogens is 577 g/mol. The van der Waals surface area contributed by atoms with Crippen molar-refractivity contribution in [2.24, 2.45) is 5.10 Å². The number of carboxylic acid groups (broad SMARTS) is 1. The predicted molar refractivity (Wildman–Crippen MR) is 155 cm³/mol.